The molecule has 0 aromatic heterocycles. The van der Waals surface area contributed by atoms with Crippen LogP contribution in [0.3, 0.4) is 0 Å². The largest absolute Gasteiger partial charge is 0.449 e. The van der Waals surface area contributed by atoms with Gasteiger partial charge in [0.25, 0.3) is 0 Å². The molecule has 0 aliphatic heterocycles. The molecule has 3 heteroatoms. The summed E-state index contributed by atoms with van der Waals surface area (Å²) in [4.78, 5) is 11.5. The van der Waals surface area contributed by atoms with E-state index in [1.54, 1.807) is 0 Å². The maximum absolute atomic E-state index is 11.5. The van der Waals surface area contributed by atoms with E-state index in [0.717, 1.165) is 12.8 Å². The van der Waals surface area contributed by atoms with E-state index in [2.05, 4.69) is 5.32 Å². The molecule has 2 aromatic rings. The van der Waals surface area contributed by atoms with Crippen molar-refractivity contribution in [2.75, 3.05) is 13.2 Å². The molecule has 0 heterocycles. The van der Waals surface area contributed by atoms with Gasteiger partial charge in [0.1, 0.15) is 0 Å². The molecular weight excluding hydrogens is 250 g/mol. The number of amides is 1. The van der Waals surface area contributed by atoms with Crippen LogP contribution in [-0.4, -0.2) is 19.2 Å². The van der Waals surface area contributed by atoms with Gasteiger partial charge >= 0.3 is 6.09 Å². The predicted molar refractivity (Wildman–Crippen MR) is 79.6 cm³/mol. The van der Waals surface area contributed by atoms with Crippen LogP contribution in [0.25, 0.3) is 0 Å². The highest BCUT2D eigenvalue weighted by Gasteiger charge is 2.01. The van der Waals surface area contributed by atoms with Gasteiger partial charge in [-0.3, -0.25) is 0 Å². The summed E-state index contributed by atoms with van der Waals surface area (Å²) in [5, 5.41) is 2.76. The molecule has 1 amide bonds. The lowest BCUT2D eigenvalue weighted by molar-refractivity contribution is 0.147. The van der Waals surface area contributed by atoms with Crippen LogP contribution in [0.15, 0.2) is 60.7 Å². The van der Waals surface area contributed by atoms with Gasteiger partial charge < -0.3 is 10.1 Å². The summed E-state index contributed by atoms with van der Waals surface area (Å²) in [6, 6.07) is 20.0. The SMILES string of the molecule is O=C(NCCc1ccccc1)OCCc1ccccc1. The Bertz CT molecular complexity index is 464. The first-order valence-corrected chi connectivity index (χ1v) is 6.83. The molecule has 0 radical (unpaired) electrons. The molecule has 104 valence electrons. The van der Waals surface area contributed by atoms with E-state index in [9.17, 15) is 4.79 Å². The van der Waals surface area contributed by atoms with E-state index in [-0.39, 0.29) is 6.09 Å². The third kappa shape index (κ3) is 5.14. The quantitative estimate of drug-likeness (QED) is 0.874. The number of alkyl carbamates (subject to hydrolysis) is 1. The van der Waals surface area contributed by atoms with Crippen molar-refractivity contribution in [1.82, 2.24) is 5.32 Å². The van der Waals surface area contributed by atoms with E-state index in [1.807, 2.05) is 60.7 Å². The van der Waals surface area contributed by atoms with Crippen LogP contribution < -0.4 is 5.32 Å². The Morgan fingerprint density at radius 1 is 0.850 bits per heavy atom. The van der Waals surface area contributed by atoms with Crippen LogP contribution in [0.2, 0.25) is 0 Å². The van der Waals surface area contributed by atoms with Gasteiger partial charge in [0.15, 0.2) is 0 Å². The fourth-order valence-corrected chi connectivity index (χ4v) is 1.91. The van der Waals surface area contributed by atoms with Crippen LogP contribution in [0.1, 0.15) is 11.1 Å². The summed E-state index contributed by atoms with van der Waals surface area (Å²) in [5.74, 6) is 0. The predicted octanol–water partition coefficient (Wildman–Crippen LogP) is 3.20. The lowest BCUT2D eigenvalue weighted by Gasteiger charge is -2.07. The second kappa shape index (κ2) is 8.00. The second-order valence-electron chi connectivity index (χ2n) is 4.53. The minimum absolute atomic E-state index is 0.350. The molecule has 0 saturated heterocycles. The van der Waals surface area contributed by atoms with Gasteiger partial charge in [-0.1, -0.05) is 60.7 Å². The Balaban J connectivity index is 1.59. The third-order valence-electron chi connectivity index (χ3n) is 2.99. The van der Waals surface area contributed by atoms with Crippen molar-refractivity contribution in [3.05, 3.63) is 71.8 Å². The van der Waals surface area contributed by atoms with Crippen LogP contribution in [0.5, 0.6) is 0 Å². The van der Waals surface area contributed by atoms with Crippen molar-refractivity contribution in [2.45, 2.75) is 12.8 Å². The van der Waals surface area contributed by atoms with E-state index < -0.39 is 0 Å². The molecule has 0 unspecified atom stereocenters. The Kier molecular flexibility index (Phi) is 5.65. The van der Waals surface area contributed by atoms with Gasteiger partial charge in [-0.05, 0) is 17.5 Å². The summed E-state index contributed by atoms with van der Waals surface area (Å²) in [5.41, 5.74) is 2.38. The molecule has 0 atom stereocenters. The highest BCUT2D eigenvalue weighted by atomic mass is 16.5. The summed E-state index contributed by atoms with van der Waals surface area (Å²) in [7, 11) is 0. The molecule has 2 aromatic carbocycles. The minimum atomic E-state index is -0.350. The Morgan fingerprint density at radius 3 is 2.00 bits per heavy atom. The fourth-order valence-electron chi connectivity index (χ4n) is 1.91. The van der Waals surface area contributed by atoms with E-state index >= 15 is 0 Å². The van der Waals surface area contributed by atoms with E-state index in [1.165, 1.54) is 11.1 Å². The Labute approximate surface area is 119 Å². The molecule has 3 nitrogen and oxygen atoms in total. The van der Waals surface area contributed by atoms with Crippen LogP contribution in [-0.2, 0) is 17.6 Å². The van der Waals surface area contributed by atoms with Crippen molar-refractivity contribution in [2.24, 2.45) is 0 Å². The molecule has 0 bridgehead atoms. The van der Waals surface area contributed by atoms with Crippen molar-refractivity contribution in [1.29, 1.82) is 0 Å². The minimum Gasteiger partial charge on any atom is -0.449 e. The lowest BCUT2D eigenvalue weighted by atomic mass is 10.1. The molecule has 0 aliphatic carbocycles. The monoisotopic (exact) mass is 269 g/mol. The first-order chi connectivity index (χ1) is 9.84. The average Bonchev–Trinajstić information content (AvgIpc) is 2.49. The molecule has 1 N–H and O–H groups in total. The van der Waals surface area contributed by atoms with Gasteiger partial charge in [0.05, 0.1) is 6.61 Å². The first kappa shape index (κ1) is 14.1. The average molecular weight is 269 g/mol. The zero-order valence-corrected chi connectivity index (χ0v) is 11.4. The normalized spacial score (nSPS) is 10.0. The van der Waals surface area contributed by atoms with Gasteiger partial charge in [-0.25, -0.2) is 4.79 Å². The number of rotatable bonds is 6. The summed E-state index contributed by atoms with van der Waals surface area (Å²) in [6.45, 7) is 0.995. The lowest BCUT2D eigenvalue weighted by Crippen LogP contribution is -2.27. The van der Waals surface area contributed by atoms with Crippen LogP contribution >= 0.6 is 0 Å². The zero-order chi connectivity index (χ0) is 14.0. The number of hydrogen-bond donors (Lipinski definition) is 1. The van der Waals surface area contributed by atoms with Crippen molar-refractivity contribution in [3.8, 4) is 0 Å². The topological polar surface area (TPSA) is 38.3 Å². The number of nitrogens with one attached hydrogen (secondary N) is 1. The molecule has 2 rings (SSSR count). The van der Waals surface area contributed by atoms with Crippen LogP contribution in [0, 0.1) is 0 Å². The van der Waals surface area contributed by atoms with Gasteiger partial charge in [0, 0.05) is 13.0 Å². The molecular formula is C17H19NO2. The number of carbonyl (C=O) groups is 1. The first-order valence-electron chi connectivity index (χ1n) is 6.83. The Morgan fingerprint density at radius 2 is 1.40 bits per heavy atom. The van der Waals surface area contributed by atoms with Gasteiger partial charge in [-0.2, -0.15) is 0 Å². The molecule has 0 spiro atoms. The molecule has 0 aliphatic rings. The number of hydrogen-bond acceptors (Lipinski definition) is 2. The molecule has 0 fully saturated rings. The summed E-state index contributed by atoms with van der Waals surface area (Å²) < 4.78 is 5.13. The standard InChI is InChI=1S/C17H19NO2/c19-17(18-13-11-15-7-3-1-4-8-15)20-14-12-16-9-5-2-6-10-16/h1-10H,11-14H2,(H,18,19). The molecule has 20 heavy (non-hydrogen) atoms. The van der Waals surface area contributed by atoms with Crippen molar-refractivity contribution >= 4 is 6.09 Å². The van der Waals surface area contributed by atoms with E-state index in [4.69, 9.17) is 4.74 Å². The molecule has 0 saturated carbocycles. The fraction of sp³-hybridized carbons (Fsp3) is 0.235. The van der Waals surface area contributed by atoms with E-state index in [0.29, 0.717) is 13.2 Å². The Hall–Kier alpha value is -2.29. The van der Waals surface area contributed by atoms with Crippen molar-refractivity contribution in [3.63, 3.8) is 0 Å². The number of ether oxygens (including phenoxy) is 1. The van der Waals surface area contributed by atoms with Gasteiger partial charge in [0.2, 0.25) is 0 Å². The number of carbonyl (C=O) groups excluding carboxylic acids is 1. The summed E-state index contributed by atoms with van der Waals surface area (Å²) >= 11 is 0. The maximum atomic E-state index is 11.5. The van der Waals surface area contributed by atoms with Crippen LogP contribution in [0.4, 0.5) is 4.79 Å². The highest BCUT2D eigenvalue weighted by Crippen LogP contribution is 2.00. The highest BCUT2D eigenvalue weighted by molar-refractivity contribution is 5.67. The summed E-state index contributed by atoms with van der Waals surface area (Å²) in [6.07, 6.45) is 1.21. The van der Waals surface area contributed by atoms with Gasteiger partial charge in [-0.15, -0.1) is 0 Å². The zero-order valence-electron chi connectivity index (χ0n) is 11.4. The third-order valence-corrected chi connectivity index (χ3v) is 2.99. The van der Waals surface area contributed by atoms with Crippen molar-refractivity contribution < 1.29 is 9.53 Å². The smallest absolute Gasteiger partial charge is 0.407 e. The maximum Gasteiger partial charge on any atom is 0.407 e. The second-order valence-corrected chi connectivity index (χ2v) is 4.53. The number of benzene rings is 2.